The van der Waals surface area contributed by atoms with Crippen LogP contribution in [0.1, 0.15) is 23.0 Å². The molecule has 0 saturated heterocycles. The lowest BCUT2D eigenvalue weighted by Crippen LogP contribution is -2.31. The van der Waals surface area contributed by atoms with Gasteiger partial charge in [0.05, 0.1) is 0 Å². The molecule has 0 aliphatic carbocycles. The Labute approximate surface area is 111 Å². The number of carbonyl (C=O) groups is 1. The Kier molecular flexibility index (Phi) is 4.07. The predicted molar refractivity (Wildman–Crippen MR) is 70.6 cm³/mol. The van der Waals surface area contributed by atoms with E-state index in [2.05, 4.69) is 9.97 Å². The summed E-state index contributed by atoms with van der Waals surface area (Å²) in [6, 6.07) is 6.76. The summed E-state index contributed by atoms with van der Waals surface area (Å²) < 4.78 is 0. The summed E-state index contributed by atoms with van der Waals surface area (Å²) in [5, 5.41) is 9.67. The standard InChI is InChI=1S/C14H15N3O2/c1-2-17(10-11-5-8-15-9-6-11)14(19)13-12(18)4-3-7-16-13/h3-9,18H,2,10H2,1H3. The van der Waals surface area contributed by atoms with E-state index in [0.717, 1.165) is 5.56 Å². The van der Waals surface area contributed by atoms with Crippen molar-refractivity contribution in [3.05, 3.63) is 54.1 Å². The molecular weight excluding hydrogens is 242 g/mol. The van der Waals surface area contributed by atoms with Crippen molar-refractivity contribution in [2.45, 2.75) is 13.5 Å². The van der Waals surface area contributed by atoms with Gasteiger partial charge in [0.25, 0.3) is 5.91 Å². The van der Waals surface area contributed by atoms with Crippen LogP contribution in [0.25, 0.3) is 0 Å². The van der Waals surface area contributed by atoms with Crippen molar-refractivity contribution < 1.29 is 9.90 Å². The zero-order valence-electron chi connectivity index (χ0n) is 10.7. The molecule has 2 heterocycles. The number of hydrogen-bond acceptors (Lipinski definition) is 4. The summed E-state index contributed by atoms with van der Waals surface area (Å²) in [5.74, 6) is -0.377. The molecule has 5 nitrogen and oxygen atoms in total. The van der Waals surface area contributed by atoms with Gasteiger partial charge in [-0.2, -0.15) is 0 Å². The minimum absolute atomic E-state index is 0.0819. The number of aromatic hydroxyl groups is 1. The third-order valence-electron chi connectivity index (χ3n) is 2.78. The van der Waals surface area contributed by atoms with Gasteiger partial charge in [-0.25, -0.2) is 4.98 Å². The Morgan fingerprint density at radius 3 is 2.63 bits per heavy atom. The fraction of sp³-hybridized carbons (Fsp3) is 0.214. The van der Waals surface area contributed by atoms with Crippen LogP contribution in [-0.2, 0) is 6.54 Å². The van der Waals surface area contributed by atoms with E-state index in [1.54, 1.807) is 23.4 Å². The molecule has 0 radical (unpaired) electrons. The Morgan fingerprint density at radius 1 is 1.26 bits per heavy atom. The quantitative estimate of drug-likeness (QED) is 0.907. The van der Waals surface area contributed by atoms with Crippen LogP contribution in [-0.4, -0.2) is 32.4 Å². The van der Waals surface area contributed by atoms with Crippen LogP contribution >= 0.6 is 0 Å². The maximum Gasteiger partial charge on any atom is 0.276 e. The molecule has 0 aliphatic rings. The average molecular weight is 257 g/mol. The van der Waals surface area contributed by atoms with Crippen molar-refractivity contribution in [2.24, 2.45) is 0 Å². The number of hydrogen-bond donors (Lipinski definition) is 1. The van der Waals surface area contributed by atoms with Gasteiger partial charge in [0, 0.05) is 31.7 Å². The van der Waals surface area contributed by atoms with Gasteiger partial charge in [0.2, 0.25) is 0 Å². The van der Waals surface area contributed by atoms with Gasteiger partial charge in [-0.15, -0.1) is 0 Å². The van der Waals surface area contributed by atoms with E-state index in [0.29, 0.717) is 13.1 Å². The molecule has 2 aromatic heterocycles. The van der Waals surface area contributed by atoms with Crippen molar-refractivity contribution in [2.75, 3.05) is 6.54 Å². The summed E-state index contributed by atoms with van der Waals surface area (Å²) >= 11 is 0. The average Bonchev–Trinajstić information content (AvgIpc) is 2.46. The van der Waals surface area contributed by atoms with Crippen molar-refractivity contribution in [3.8, 4) is 5.75 Å². The first-order chi connectivity index (χ1) is 9.22. The number of carbonyl (C=O) groups excluding carboxylic acids is 1. The minimum Gasteiger partial charge on any atom is -0.505 e. The van der Waals surface area contributed by atoms with E-state index < -0.39 is 0 Å². The Hall–Kier alpha value is -2.43. The van der Waals surface area contributed by atoms with Crippen molar-refractivity contribution in [1.29, 1.82) is 0 Å². The van der Waals surface area contributed by atoms with Crippen LogP contribution in [0.2, 0.25) is 0 Å². The molecule has 2 aromatic rings. The minimum atomic E-state index is -0.280. The van der Waals surface area contributed by atoms with Gasteiger partial charge in [-0.1, -0.05) is 0 Å². The first-order valence-electron chi connectivity index (χ1n) is 6.04. The molecule has 98 valence electrons. The number of amides is 1. The second-order valence-corrected chi connectivity index (χ2v) is 4.05. The van der Waals surface area contributed by atoms with Crippen LogP contribution < -0.4 is 0 Å². The third kappa shape index (κ3) is 3.07. The van der Waals surface area contributed by atoms with Gasteiger partial charge in [0.15, 0.2) is 5.69 Å². The van der Waals surface area contributed by atoms with E-state index >= 15 is 0 Å². The summed E-state index contributed by atoms with van der Waals surface area (Å²) in [4.78, 5) is 21.8. The normalized spacial score (nSPS) is 10.2. The fourth-order valence-corrected chi connectivity index (χ4v) is 1.75. The predicted octanol–water partition coefficient (Wildman–Crippen LogP) is 1.84. The third-order valence-corrected chi connectivity index (χ3v) is 2.78. The van der Waals surface area contributed by atoms with Gasteiger partial charge in [-0.3, -0.25) is 9.78 Å². The Balaban J connectivity index is 2.18. The monoisotopic (exact) mass is 257 g/mol. The molecule has 0 spiro atoms. The molecule has 0 atom stereocenters. The molecule has 2 rings (SSSR count). The molecule has 0 fully saturated rings. The van der Waals surface area contributed by atoms with Crippen molar-refractivity contribution in [1.82, 2.24) is 14.9 Å². The van der Waals surface area contributed by atoms with Crippen molar-refractivity contribution >= 4 is 5.91 Å². The first-order valence-corrected chi connectivity index (χ1v) is 6.04. The number of nitrogens with zero attached hydrogens (tertiary/aromatic N) is 3. The largest absolute Gasteiger partial charge is 0.505 e. The lowest BCUT2D eigenvalue weighted by molar-refractivity contribution is 0.0743. The highest BCUT2D eigenvalue weighted by molar-refractivity contribution is 5.94. The molecule has 1 amide bonds. The SMILES string of the molecule is CCN(Cc1ccncc1)C(=O)c1ncccc1O. The van der Waals surface area contributed by atoms with E-state index in [1.165, 1.54) is 12.3 Å². The highest BCUT2D eigenvalue weighted by Gasteiger charge is 2.18. The topological polar surface area (TPSA) is 66.3 Å². The van der Waals surface area contributed by atoms with Gasteiger partial charge in [-0.05, 0) is 36.8 Å². The van der Waals surface area contributed by atoms with E-state index in [9.17, 15) is 9.90 Å². The molecule has 0 saturated carbocycles. The van der Waals surface area contributed by atoms with Crippen LogP contribution in [0.4, 0.5) is 0 Å². The summed E-state index contributed by atoms with van der Waals surface area (Å²) in [5.41, 5.74) is 1.07. The van der Waals surface area contributed by atoms with E-state index in [4.69, 9.17) is 0 Å². The Morgan fingerprint density at radius 2 is 2.00 bits per heavy atom. The molecular formula is C14H15N3O2. The Bertz CT molecular complexity index is 558. The highest BCUT2D eigenvalue weighted by atomic mass is 16.3. The van der Waals surface area contributed by atoms with Gasteiger partial charge in [0.1, 0.15) is 5.75 Å². The number of aromatic nitrogens is 2. The van der Waals surface area contributed by atoms with Gasteiger partial charge < -0.3 is 10.0 Å². The van der Waals surface area contributed by atoms with Crippen LogP contribution in [0.3, 0.4) is 0 Å². The lowest BCUT2D eigenvalue weighted by Gasteiger charge is -2.20. The second-order valence-electron chi connectivity index (χ2n) is 4.05. The second kappa shape index (κ2) is 5.95. The molecule has 0 bridgehead atoms. The molecule has 0 aliphatic heterocycles. The smallest absolute Gasteiger partial charge is 0.276 e. The fourth-order valence-electron chi connectivity index (χ4n) is 1.75. The molecule has 19 heavy (non-hydrogen) atoms. The molecule has 0 aromatic carbocycles. The maximum atomic E-state index is 12.3. The maximum absolute atomic E-state index is 12.3. The zero-order chi connectivity index (χ0) is 13.7. The summed E-state index contributed by atoms with van der Waals surface area (Å²) in [6.45, 7) is 2.89. The summed E-state index contributed by atoms with van der Waals surface area (Å²) in [6.07, 6.45) is 4.87. The molecule has 1 N–H and O–H groups in total. The highest BCUT2D eigenvalue weighted by Crippen LogP contribution is 2.16. The van der Waals surface area contributed by atoms with Crippen molar-refractivity contribution in [3.63, 3.8) is 0 Å². The molecule has 5 heteroatoms. The van der Waals surface area contributed by atoms with Crippen LogP contribution in [0.5, 0.6) is 5.75 Å². The van der Waals surface area contributed by atoms with Crippen LogP contribution in [0, 0.1) is 0 Å². The zero-order valence-corrected chi connectivity index (χ0v) is 10.7. The van der Waals surface area contributed by atoms with Crippen LogP contribution in [0.15, 0.2) is 42.9 Å². The van der Waals surface area contributed by atoms with E-state index in [-0.39, 0.29) is 17.4 Å². The van der Waals surface area contributed by atoms with E-state index in [1.807, 2.05) is 19.1 Å². The summed E-state index contributed by atoms with van der Waals surface area (Å²) in [7, 11) is 0. The van der Waals surface area contributed by atoms with Gasteiger partial charge >= 0.3 is 0 Å². The first kappa shape index (κ1) is 13.0. The number of pyridine rings is 2. The number of rotatable bonds is 4. The lowest BCUT2D eigenvalue weighted by atomic mass is 10.2. The molecule has 0 unspecified atom stereocenters.